The molecule has 0 aromatic heterocycles. The Hall–Kier alpha value is -2.60. The topological polar surface area (TPSA) is 81.8 Å². The average Bonchev–Trinajstić information content (AvgIpc) is 2.49. The molecule has 0 saturated heterocycles. The predicted molar refractivity (Wildman–Crippen MR) is 74.7 cm³/mol. The van der Waals surface area contributed by atoms with Crippen LogP contribution in [0.4, 0.5) is 5.69 Å². The number of benzene rings is 2. The number of rotatable bonds is 3. The van der Waals surface area contributed by atoms with E-state index < -0.39 is 11.0 Å². The summed E-state index contributed by atoms with van der Waals surface area (Å²) in [6, 6.07) is 11.6. The summed E-state index contributed by atoms with van der Waals surface area (Å²) in [5.41, 5.74) is 0.324. The van der Waals surface area contributed by atoms with E-state index in [-0.39, 0.29) is 17.2 Å². The fourth-order valence-electron chi connectivity index (χ4n) is 2.26. The number of para-hydroxylation sites is 1. The lowest BCUT2D eigenvalue weighted by Crippen LogP contribution is -2.15. The van der Waals surface area contributed by atoms with Crippen molar-refractivity contribution in [3.05, 3.63) is 58.1 Å². The monoisotopic (exact) mass is 287 g/mol. The van der Waals surface area contributed by atoms with Gasteiger partial charge < -0.3 is 14.6 Å². The van der Waals surface area contributed by atoms with Crippen molar-refractivity contribution in [3.63, 3.8) is 0 Å². The normalized spacial score (nSPS) is 16.7. The first-order valence-electron chi connectivity index (χ1n) is 6.52. The smallest absolute Gasteiger partial charge is 0.315 e. The van der Waals surface area contributed by atoms with Crippen molar-refractivity contribution in [2.24, 2.45) is 0 Å². The van der Waals surface area contributed by atoms with Crippen molar-refractivity contribution in [2.45, 2.75) is 12.5 Å². The zero-order valence-corrected chi connectivity index (χ0v) is 11.1. The van der Waals surface area contributed by atoms with Crippen LogP contribution in [0, 0.1) is 10.1 Å². The van der Waals surface area contributed by atoms with Crippen molar-refractivity contribution < 1.29 is 19.5 Å². The molecule has 2 aromatic carbocycles. The zero-order valence-electron chi connectivity index (χ0n) is 11.1. The van der Waals surface area contributed by atoms with E-state index >= 15 is 0 Å². The van der Waals surface area contributed by atoms with Gasteiger partial charge in [-0.15, -0.1) is 0 Å². The van der Waals surface area contributed by atoms with Gasteiger partial charge in [0.2, 0.25) is 5.75 Å². The van der Waals surface area contributed by atoms with Crippen LogP contribution in [0.5, 0.6) is 17.2 Å². The lowest BCUT2D eigenvalue weighted by atomic mass is 10.0. The van der Waals surface area contributed by atoms with E-state index in [1.54, 1.807) is 24.3 Å². The number of aliphatic hydroxyl groups excluding tert-OH is 1. The Labute approximate surface area is 120 Å². The van der Waals surface area contributed by atoms with Crippen molar-refractivity contribution in [1.82, 2.24) is 0 Å². The first-order valence-corrected chi connectivity index (χ1v) is 6.52. The Morgan fingerprint density at radius 3 is 2.71 bits per heavy atom. The number of ether oxygens (including phenoxy) is 2. The molecule has 21 heavy (non-hydrogen) atoms. The number of hydrogen-bond acceptors (Lipinski definition) is 5. The molecule has 0 aliphatic carbocycles. The third-order valence-corrected chi connectivity index (χ3v) is 3.28. The number of hydrogen-bond donors (Lipinski definition) is 1. The molecular formula is C15H13NO5. The van der Waals surface area contributed by atoms with Crippen LogP contribution < -0.4 is 9.47 Å². The summed E-state index contributed by atoms with van der Waals surface area (Å²) < 4.78 is 11.1. The van der Waals surface area contributed by atoms with Gasteiger partial charge in [-0.25, -0.2) is 0 Å². The van der Waals surface area contributed by atoms with Crippen molar-refractivity contribution in [1.29, 1.82) is 0 Å². The van der Waals surface area contributed by atoms with Gasteiger partial charge in [0.25, 0.3) is 0 Å². The molecule has 1 aliphatic rings. The minimum atomic E-state index is -0.701. The van der Waals surface area contributed by atoms with Crippen LogP contribution in [0.25, 0.3) is 0 Å². The van der Waals surface area contributed by atoms with E-state index in [0.717, 1.165) is 0 Å². The second-order valence-corrected chi connectivity index (χ2v) is 4.66. The molecule has 1 heterocycles. The van der Waals surface area contributed by atoms with Gasteiger partial charge in [0.1, 0.15) is 5.75 Å². The van der Waals surface area contributed by atoms with Crippen molar-refractivity contribution in [3.8, 4) is 17.2 Å². The maximum absolute atomic E-state index is 11.2. The highest BCUT2D eigenvalue weighted by molar-refractivity contribution is 5.61. The van der Waals surface area contributed by atoms with Gasteiger partial charge in [-0.1, -0.05) is 18.2 Å². The van der Waals surface area contributed by atoms with Crippen LogP contribution in [-0.4, -0.2) is 16.6 Å². The summed E-state index contributed by atoms with van der Waals surface area (Å²) in [5, 5.41) is 21.2. The number of aliphatic hydroxyl groups is 1. The highest BCUT2D eigenvalue weighted by Gasteiger charge is 2.30. The molecule has 1 aliphatic heterocycles. The van der Waals surface area contributed by atoms with Crippen LogP contribution in [0.1, 0.15) is 18.1 Å². The predicted octanol–water partition coefficient (Wildman–Crippen LogP) is 3.20. The first kappa shape index (κ1) is 13.4. The van der Waals surface area contributed by atoms with Gasteiger partial charge in [-0.05, 0) is 18.2 Å². The standard InChI is InChI=1S/C15H13NO5/c17-13-8-9-20-14-11(13)6-7-12(16(18)19)15(14)21-10-4-2-1-3-5-10/h1-7,13,17H,8-9H2. The first-order chi connectivity index (χ1) is 10.2. The maximum atomic E-state index is 11.2. The largest absolute Gasteiger partial charge is 0.489 e. The number of fused-ring (bicyclic) bond motifs is 1. The minimum Gasteiger partial charge on any atom is -0.489 e. The third-order valence-electron chi connectivity index (χ3n) is 3.28. The summed E-state index contributed by atoms with van der Waals surface area (Å²) >= 11 is 0. The molecule has 0 saturated carbocycles. The van der Waals surface area contributed by atoms with Gasteiger partial charge in [0, 0.05) is 18.1 Å². The second kappa shape index (κ2) is 5.41. The van der Waals surface area contributed by atoms with Gasteiger partial charge in [-0.3, -0.25) is 10.1 Å². The third kappa shape index (κ3) is 2.53. The molecule has 0 radical (unpaired) electrons. The molecule has 0 amide bonds. The van der Waals surface area contributed by atoms with E-state index in [4.69, 9.17) is 9.47 Å². The number of nitro benzene ring substituents is 1. The summed E-state index contributed by atoms with van der Waals surface area (Å²) in [4.78, 5) is 10.7. The minimum absolute atomic E-state index is 0.0300. The molecule has 108 valence electrons. The average molecular weight is 287 g/mol. The van der Waals surface area contributed by atoms with Gasteiger partial charge in [0.05, 0.1) is 17.6 Å². The molecule has 0 spiro atoms. The van der Waals surface area contributed by atoms with Gasteiger partial charge >= 0.3 is 5.69 Å². The van der Waals surface area contributed by atoms with E-state index in [2.05, 4.69) is 0 Å². The Bertz CT molecular complexity index is 671. The fourth-order valence-corrected chi connectivity index (χ4v) is 2.26. The van der Waals surface area contributed by atoms with Gasteiger partial charge in [-0.2, -0.15) is 0 Å². The van der Waals surface area contributed by atoms with Crippen LogP contribution >= 0.6 is 0 Å². The summed E-state index contributed by atoms with van der Waals surface area (Å²) in [5.74, 6) is 0.743. The van der Waals surface area contributed by atoms with Crippen LogP contribution in [0.15, 0.2) is 42.5 Å². The van der Waals surface area contributed by atoms with E-state index in [1.807, 2.05) is 6.07 Å². The zero-order chi connectivity index (χ0) is 14.8. The molecule has 6 nitrogen and oxygen atoms in total. The maximum Gasteiger partial charge on any atom is 0.315 e. The summed E-state index contributed by atoms with van der Waals surface area (Å²) in [6.07, 6.45) is -0.247. The lowest BCUT2D eigenvalue weighted by Gasteiger charge is -2.23. The van der Waals surface area contributed by atoms with Crippen LogP contribution in [0.2, 0.25) is 0 Å². The van der Waals surface area contributed by atoms with Gasteiger partial charge in [0.15, 0.2) is 5.75 Å². The second-order valence-electron chi connectivity index (χ2n) is 4.66. The fraction of sp³-hybridized carbons (Fsp3) is 0.200. The Kier molecular flexibility index (Phi) is 3.45. The molecule has 1 N–H and O–H groups in total. The number of nitro groups is 1. The Morgan fingerprint density at radius 1 is 1.24 bits per heavy atom. The Morgan fingerprint density at radius 2 is 2.00 bits per heavy atom. The SMILES string of the molecule is O=[N+]([O-])c1ccc2c(c1Oc1ccccc1)OCCC2O. The molecular weight excluding hydrogens is 274 g/mol. The van der Waals surface area contributed by atoms with Crippen molar-refractivity contribution in [2.75, 3.05) is 6.61 Å². The molecule has 3 rings (SSSR count). The Balaban J connectivity index is 2.11. The van der Waals surface area contributed by atoms with E-state index in [0.29, 0.717) is 24.3 Å². The molecule has 1 unspecified atom stereocenters. The summed E-state index contributed by atoms with van der Waals surface area (Å²) in [6.45, 7) is 0.292. The van der Waals surface area contributed by atoms with Crippen molar-refractivity contribution >= 4 is 5.69 Å². The molecule has 1 atom stereocenters. The molecule has 2 aromatic rings. The quantitative estimate of drug-likeness (QED) is 0.692. The highest BCUT2D eigenvalue weighted by Crippen LogP contribution is 2.46. The van der Waals surface area contributed by atoms with E-state index in [1.165, 1.54) is 12.1 Å². The molecule has 6 heteroatoms. The van der Waals surface area contributed by atoms with E-state index in [9.17, 15) is 15.2 Å². The number of nitrogens with zero attached hydrogens (tertiary/aromatic N) is 1. The molecule has 0 fully saturated rings. The van der Waals surface area contributed by atoms with Crippen LogP contribution in [0.3, 0.4) is 0 Å². The highest BCUT2D eigenvalue weighted by atomic mass is 16.6. The summed E-state index contributed by atoms with van der Waals surface area (Å²) in [7, 11) is 0. The van der Waals surface area contributed by atoms with Crippen LogP contribution in [-0.2, 0) is 0 Å². The molecule has 0 bridgehead atoms. The lowest BCUT2D eigenvalue weighted by molar-refractivity contribution is -0.385.